The molecule has 3 atom stereocenters. The number of likely N-dealkylation sites (tertiary alicyclic amines) is 1. The van der Waals surface area contributed by atoms with Crippen LogP contribution in [0.1, 0.15) is 92.3 Å². The predicted octanol–water partition coefficient (Wildman–Crippen LogP) is 11.4. The number of benzene rings is 4. The number of aliphatic hydroxyl groups is 1. The number of carbonyl (C=O) groups excluding carboxylic acids is 4. The number of β-amino-alcohol motifs (C(OH)–C–C–N with tert-alkyl or cyclic N) is 1. The summed E-state index contributed by atoms with van der Waals surface area (Å²) in [6.07, 6.45) is 5.61. The Bertz CT molecular complexity index is 3080. The molecule has 79 heavy (non-hydrogen) atoms. The third-order valence-electron chi connectivity index (χ3n) is 14.2. The highest BCUT2D eigenvalue weighted by Crippen LogP contribution is 2.39. The summed E-state index contributed by atoms with van der Waals surface area (Å²) in [4.78, 5) is 68.5. The number of thiazole rings is 1. The molecule has 1 aromatic heterocycles. The van der Waals surface area contributed by atoms with Crippen molar-refractivity contribution in [2.24, 2.45) is 5.92 Å². The van der Waals surface area contributed by atoms with Crippen LogP contribution >= 0.6 is 23.1 Å². The van der Waals surface area contributed by atoms with Gasteiger partial charge in [0, 0.05) is 75.9 Å². The Balaban J connectivity index is 0.715. The van der Waals surface area contributed by atoms with Gasteiger partial charge in [-0.15, -0.1) is 11.3 Å². The van der Waals surface area contributed by atoms with Crippen molar-refractivity contribution in [3.63, 3.8) is 0 Å². The summed E-state index contributed by atoms with van der Waals surface area (Å²) in [6, 6.07) is 23.1. The molecule has 4 heterocycles. The molecule has 4 aromatic carbocycles. The van der Waals surface area contributed by atoms with Crippen LogP contribution in [0.4, 0.5) is 10.5 Å². The Labute approximate surface area is 471 Å². The van der Waals surface area contributed by atoms with Crippen molar-refractivity contribution in [3.8, 4) is 33.4 Å². The number of aromatic nitrogens is 1. The summed E-state index contributed by atoms with van der Waals surface area (Å²) in [7, 11) is 1.53. The van der Waals surface area contributed by atoms with Crippen molar-refractivity contribution in [1.29, 1.82) is 0 Å². The first-order valence-electron chi connectivity index (χ1n) is 27.0. The Hall–Kier alpha value is -7.01. The van der Waals surface area contributed by atoms with E-state index in [1.54, 1.807) is 58.7 Å². The molecule has 8 rings (SSSR count). The normalized spacial score (nSPS) is 17.0. The van der Waals surface area contributed by atoms with Crippen LogP contribution in [-0.2, 0) is 36.9 Å². The molecule has 0 unspecified atom stereocenters. The number of rotatable bonds is 27. The summed E-state index contributed by atoms with van der Waals surface area (Å²) in [5, 5.41) is 13.6. The summed E-state index contributed by atoms with van der Waals surface area (Å²) >= 11 is 2.48. The monoisotopic (exact) mass is 1110 g/mol. The molecule has 2 N–H and O–H groups in total. The van der Waals surface area contributed by atoms with Crippen LogP contribution in [0.5, 0.6) is 23.0 Å². The number of aliphatic hydroxyl groups excluding tert-OH is 1. The molecule has 18 heteroatoms. The van der Waals surface area contributed by atoms with Crippen LogP contribution in [0, 0.1) is 26.3 Å². The quantitative estimate of drug-likeness (QED) is 0.0289. The fraction of sp³-hybridized carbons (Fsp3) is 0.410. The van der Waals surface area contributed by atoms with E-state index in [0.717, 1.165) is 81.5 Å². The largest absolute Gasteiger partial charge is 0.493 e. The van der Waals surface area contributed by atoms with Crippen LogP contribution in [0.2, 0.25) is 0 Å². The van der Waals surface area contributed by atoms with Gasteiger partial charge in [0.1, 0.15) is 23.6 Å². The van der Waals surface area contributed by atoms with E-state index in [1.165, 1.54) is 12.0 Å². The lowest BCUT2D eigenvalue weighted by atomic mass is 10.00. The molecule has 0 spiro atoms. The fourth-order valence-electron chi connectivity index (χ4n) is 9.96. The number of thioether (sulfide) groups is 1. The SMILES string of the molecule is [C-]#[N+]c1ccc(Oc2ccc(/C=C3\SC(=O)N(CCCCOCCCCOCCCCOc4cc(-c5scnc5C)ccc4CNC(=O)[C@@H]4C[C@@H](O)CN4C(=O)[C@H](C(C)C)N4Cc5ccccc5C4=C)C3=O)cc2OC)c(C)c1. The second-order valence-corrected chi connectivity index (χ2v) is 22.1. The molecule has 4 amide bonds. The van der Waals surface area contributed by atoms with Crippen molar-refractivity contribution < 1.29 is 48.0 Å². The van der Waals surface area contributed by atoms with E-state index >= 15 is 0 Å². The second kappa shape index (κ2) is 27.7. The van der Waals surface area contributed by atoms with Gasteiger partial charge < -0.3 is 43.9 Å². The highest BCUT2D eigenvalue weighted by Gasteiger charge is 2.45. The average Bonchev–Trinajstić information content (AvgIpc) is 4.23. The number of hydrogen-bond donors (Lipinski definition) is 2. The third kappa shape index (κ3) is 14.6. The van der Waals surface area contributed by atoms with Crippen molar-refractivity contribution in [2.45, 2.75) is 104 Å². The number of amides is 4. The molecule has 3 aliphatic rings. The molecule has 416 valence electrons. The van der Waals surface area contributed by atoms with E-state index in [1.807, 2.05) is 80.6 Å². The van der Waals surface area contributed by atoms with Crippen molar-refractivity contribution in [3.05, 3.63) is 141 Å². The number of carbonyl (C=O) groups is 4. The number of imide groups is 1. The third-order valence-corrected chi connectivity index (χ3v) is 16.1. The maximum atomic E-state index is 14.4. The van der Waals surface area contributed by atoms with E-state index in [4.69, 9.17) is 30.3 Å². The lowest BCUT2D eigenvalue weighted by Crippen LogP contribution is -2.54. The van der Waals surface area contributed by atoms with Crippen LogP contribution < -0.4 is 19.5 Å². The first-order valence-corrected chi connectivity index (χ1v) is 28.6. The first kappa shape index (κ1) is 58.1. The zero-order valence-corrected chi connectivity index (χ0v) is 47.3. The van der Waals surface area contributed by atoms with Gasteiger partial charge in [0.15, 0.2) is 17.2 Å². The summed E-state index contributed by atoms with van der Waals surface area (Å²) in [6.45, 7) is 23.3. The van der Waals surface area contributed by atoms with E-state index in [2.05, 4.69) is 21.7 Å². The molecule has 0 radical (unpaired) electrons. The number of methoxy groups -OCH3 is 1. The van der Waals surface area contributed by atoms with E-state index in [9.17, 15) is 24.3 Å². The number of hydrogen-bond acceptors (Lipinski definition) is 14. The molecule has 2 fully saturated rings. The first-order chi connectivity index (χ1) is 38.2. The Kier molecular flexibility index (Phi) is 20.4. The van der Waals surface area contributed by atoms with Crippen LogP contribution in [0.3, 0.4) is 0 Å². The van der Waals surface area contributed by atoms with Crippen molar-refractivity contribution >= 4 is 63.5 Å². The van der Waals surface area contributed by atoms with Gasteiger partial charge in [-0.3, -0.25) is 24.1 Å². The second-order valence-electron chi connectivity index (χ2n) is 20.2. The summed E-state index contributed by atoms with van der Waals surface area (Å²) in [5.41, 5.74) is 9.47. The minimum atomic E-state index is -0.824. The van der Waals surface area contributed by atoms with Gasteiger partial charge in [0.2, 0.25) is 11.8 Å². The van der Waals surface area contributed by atoms with Gasteiger partial charge >= 0.3 is 0 Å². The van der Waals surface area contributed by atoms with Gasteiger partial charge in [-0.1, -0.05) is 69.0 Å². The van der Waals surface area contributed by atoms with Gasteiger partial charge in [-0.25, -0.2) is 9.83 Å². The smallest absolute Gasteiger partial charge is 0.293 e. The Morgan fingerprint density at radius 1 is 0.899 bits per heavy atom. The number of ether oxygens (including phenoxy) is 5. The zero-order chi connectivity index (χ0) is 56.0. The van der Waals surface area contributed by atoms with Crippen molar-refractivity contribution in [1.82, 2.24) is 25.0 Å². The Morgan fingerprint density at radius 2 is 1.62 bits per heavy atom. The fourth-order valence-corrected chi connectivity index (χ4v) is 11.6. The maximum absolute atomic E-state index is 14.4. The summed E-state index contributed by atoms with van der Waals surface area (Å²) < 4.78 is 29.8. The molecule has 5 aromatic rings. The maximum Gasteiger partial charge on any atom is 0.293 e. The van der Waals surface area contributed by atoms with Gasteiger partial charge in [0.25, 0.3) is 11.1 Å². The minimum Gasteiger partial charge on any atom is -0.493 e. The summed E-state index contributed by atoms with van der Waals surface area (Å²) in [5.74, 6) is 1.29. The van der Waals surface area contributed by atoms with Crippen LogP contribution in [0.25, 0.3) is 27.1 Å². The molecule has 0 bridgehead atoms. The zero-order valence-electron chi connectivity index (χ0n) is 45.7. The number of fused-ring (bicyclic) bond motifs is 1. The lowest BCUT2D eigenvalue weighted by molar-refractivity contribution is -0.143. The van der Waals surface area contributed by atoms with Gasteiger partial charge in [-0.2, -0.15) is 0 Å². The van der Waals surface area contributed by atoms with E-state index in [0.29, 0.717) is 98.1 Å². The molecule has 0 aliphatic carbocycles. The molecular weight excluding hydrogens is 1040 g/mol. The number of unbranched alkanes of at least 4 members (excludes halogenated alkanes) is 3. The van der Waals surface area contributed by atoms with E-state index < -0.39 is 18.2 Å². The molecular formula is C61H70N6O10S2. The highest BCUT2D eigenvalue weighted by molar-refractivity contribution is 8.18. The number of nitrogens with one attached hydrogen (secondary N) is 1. The topological polar surface area (TPSA) is 174 Å². The van der Waals surface area contributed by atoms with Crippen LogP contribution in [-0.4, -0.2) is 119 Å². The van der Waals surface area contributed by atoms with Crippen molar-refractivity contribution in [2.75, 3.05) is 53.2 Å². The lowest BCUT2D eigenvalue weighted by Gasteiger charge is -2.36. The predicted molar refractivity (Wildman–Crippen MR) is 308 cm³/mol. The molecule has 0 saturated carbocycles. The average molecular weight is 1110 g/mol. The number of aryl methyl sites for hydroxylation is 2. The van der Waals surface area contributed by atoms with E-state index in [-0.39, 0.29) is 48.4 Å². The van der Waals surface area contributed by atoms with Crippen LogP contribution in [0.15, 0.2) is 95.9 Å². The van der Waals surface area contributed by atoms with Gasteiger partial charge in [0.05, 0.1) is 47.4 Å². The standard InChI is InChI=1S/C61H70N6O10S2/c1-39(2)56(66-36-46-16-8-9-17-49(46)42(66)5)60(71)67-37-48(68)34-50(67)58(69)63-35-45-20-19-44(57-41(4)64-38-78-57)33-53(45)76-29-15-14-28-75-27-13-12-26-74-25-11-10-24-65-59(70)55(79-61(65)72)32-43-18-22-52(54(31-43)73-7)77-51-23-21-47(62-6)30-40(51)3/h8-9,16-23,30-33,38-39,48,50,56,68H,5,10-15,24-29,34-37H2,1-4,7H3,(H,63,69)/b55-32-/t48-,50+,56+/m1/s1. The molecule has 16 nitrogen and oxygen atoms in total. The number of nitrogens with zero attached hydrogens (tertiary/aromatic N) is 5. The minimum absolute atomic E-state index is 0.0707. The molecule has 3 aliphatic heterocycles. The Morgan fingerprint density at radius 3 is 2.30 bits per heavy atom. The highest BCUT2D eigenvalue weighted by atomic mass is 32.2. The molecule has 2 saturated heterocycles. The van der Waals surface area contributed by atoms with Gasteiger partial charge in [-0.05, 0) is 129 Å².